The highest BCUT2D eigenvalue weighted by molar-refractivity contribution is 6.31. The summed E-state index contributed by atoms with van der Waals surface area (Å²) in [6.45, 7) is 3.01. The number of aromatic nitrogens is 2. The maximum Gasteiger partial charge on any atom is 0.130 e. The summed E-state index contributed by atoms with van der Waals surface area (Å²) in [5.41, 5.74) is 0.828. The second-order valence-electron chi connectivity index (χ2n) is 4.37. The molecule has 1 aromatic carbocycles. The molecule has 3 nitrogen and oxygen atoms in total. The molecule has 2 aromatic rings. The van der Waals surface area contributed by atoms with E-state index in [0.29, 0.717) is 5.02 Å². The Labute approximate surface area is 117 Å². The normalized spacial score (nSPS) is 12.6. The van der Waals surface area contributed by atoms with Crippen LogP contribution in [0.3, 0.4) is 0 Å². The Morgan fingerprint density at radius 3 is 2.89 bits per heavy atom. The van der Waals surface area contributed by atoms with Crippen LogP contribution in [0.25, 0.3) is 0 Å². The second-order valence-corrected chi connectivity index (χ2v) is 4.77. The molecular weight excluding hydrogens is 265 g/mol. The Hall–Kier alpha value is -1.39. The van der Waals surface area contributed by atoms with E-state index in [2.05, 4.69) is 21.8 Å². The zero-order valence-corrected chi connectivity index (χ0v) is 11.8. The van der Waals surface area contributed by atoms with E-state index in [0.717, 1.165) is 24.4 Å². The molecule has 0 bridgehead atoms. The number of nitrogens with zero attached hydrogens (tertiary/aromatic N) is 2. The summed E-state index contributed by atoms with van der Waals surface area (Å²) < 4.78 is 15.2. The molecular formula is C14H17ClFN3. The third kappa shape index (κ3) is 2.96. The summed E-state index contributed by atoms with van der Waals surface area (Å²) in [5.74, 6) is 0.554. The van der Waals surface area contributed by atoms with Gasteiger partial charge in [-0.1, -0.05) is 24.6 Å². The Morgan fingerprint density at radius 2 is 2.26 bits per heavy atom. The number of aryl methyl sites for hydroxylation is 1. The highest BCUT2D eigenvalue weighted by atomic mass is 35.5. The van der Waals surface area contributed by atoms with Gasteiger partial charge in [0.1, 0.15) is 11.6 Å². The smallest absolute Gasteiger partial charge is 0.130 e. The maximum atomic E-state index is 13.1. The lowest BCUT2D eigenvalue weighted by Crippen LogP contribution is -2.22. The first-order chi connectivity index (χ1) is 9.17. The Kier molecular flexibility index (Phi) is 4.56. The van der Waals surface area contributed by atoms with Crippen molar-refractivity contribution in [2.45, 2.75) is 25.9 Å². The fourth-order valence-electron chi connectivity index (χ4n) is 2.17. The van der Waals surface area contributed by atoms with Crippen LogP contribution in [0, 0.1) is 5.82 Å². The van der Waals surface area contributed by atoms with Crippen LogP contribution in [0.1, 0.15) is 30.8 Å². The molecule has 0 saturated heterocycles. The van der Waals surface area contributed by atoms with Crippen molar-refractivity contribution in [1.82, 2.24) is 14.9 Å². The van der Waals surface area contributed by atoms with Crippen LogP contribution in [0.2, 0.25) is 5.02 Å². The monoisotopic (exact) mass is 281 g/mol. The highest BCUT2D eigenvalue weighted by Crippen LogP contribution is 2.28. The van der Waals surface area contributed by atoms with Crippen LogP contribution in [0.5, 0.6) is 0 Å². The largest absolute Gasteiger partial charge is 0.333 e. The number of imidazole rings is 1. The number of rotatable bonds is 5. The van der Waals surface area contributed by atoms with Crippen molar-refractivity contribution < 1.29 is 4.39 Å². The Morgan fingerprint density at radius 1 is 1.47 bits per heavy atom. The van der Waals surface area contributed by atoms with Crippen LogP contribution < -0.4 is 5.32 Å². The molecule has 2 rings (SSSR count). The summed E-state index contributed by atoms with van der Waals surface area (Å²) in [7, 11) is 1.84. The van der Waals surface area contributed by atoms with Crippen molar-refractivity contribution in [1.29, 1.82) is 0 Å². The van der Waals surface area contributed by atoms with E-state index in [9.17, 15) is 4.39 Å². The van der Waals surface area contributed by atoms with Crippen molar-refractivity contribution in [3.05, 3.63) is 52.8 Å². The molecule has 0 amide bonds. The van der Waals surface area contributed by atoms with Gasteiger partial charge in [-0.15, -0.1) is 0 Å². The van der Waals surface area contributed by atoms with Gasteiger partial charge < -0.3 is 9.88 Å². The summed E-state index contributed by atoms with van der Waals surface area (Å²) in [5, 5.41) is 3.60. The van der Waals surface area contributed by atoms with E-state index in [1.165, 1.54) is 12.1 Å². The van der Waals surface area contributed by atoms with Gasteiger partial charge in [0.25, 0.3) is 0 Å². The van der Waals surface area contributed by atoms with Gasteiger partial charge in [0.05, 0.1) is 6.04 Å². The Balaban J connectivity index is 2.41. The first kappa shape index (κ1) is 14.0. The molecule has 1 aromatic heterocycles. The minimum absolute atomic E-state index is 0.144. The number of halogens is 2. The number of benzene rings is 1. The van der Waals surface area contributed by atoms with E-state index < -0.39 is 0 Å². The zero-order valence-electron chi connectivity index (χ0n) is 11.0. The molecule has 0 aliphatic heterocycles. The molecule has 0 aliphatic carbocycles. The topological polar surface area (TPSA) is 29.9 Å². The lowest BCUT2D eigenvalue weighted by molar-refractivity contribution is 0.566. The highest BCUT2D eigenvalue weighted by Gasteiger charge is 2.20. The van der Waals surface area contributed by atoms with Crippen LogP contribution in [0.15, 0.2) is 30.6 Å². The number of nitrogens with one attached hydrogen (secondary N) is 1. The van der Waals surface area contributed by atoms with Gasteiger partial charge in [-0.2, -0.15) is 0 Å². The van der Waals surface area contributed by atoms with E-state index in [-0.39, 0.29) is 11.9 Å². The van der Waals surface area contributed by atoms with E-state index >= 15 is 0 Å². The molecule has 0 radical (unpaired) electrons. The van der Waals surface area contributed by atoms with Crippen molar-refractivity contribution in [3.63, 3.8) is 0 Å². The van der Waals surface area contributed by atoms with Gasteiger partial charge in [0.2, 0.25) is 0 Å². The van der Waals surface area contributed by atoms with Gasteiger partial charge in [0.15, 0.2) is 0 Å². The average molecular weight is 282 g/mol. The molecule has 1 atom stereocenters. The minimum atomic E-state index is -0.333. The zero-order chi connectivity index (χ0) is 13.8. The molecule has 1 N–H and O–H groups in total. The summed E-state index contributed by atoms with van der Waals surface area (Å²) in [6, 6.07) is 4.30. The second kappa shape index (κ2) is 6.17. The Bertz CT molecular complexity index is 553. The maximum absolute atomic E-state index is 13.1. The van der Waals surface area contributed by atoms with Gasteiger partial charge in [-0.3, -0.25) is 0 Å². The van der Waals surface area contributed by atoms with Gasteiger partial charge in [-0.05, 0) is 31.2 Å². The lowest BCUT2D eigenvalue weighted by atomic mass is 10.1. The van der Waals surface area contributed by atoms with E-state index in [1.807, 2.05) is 13.2 Å². The fourth-order valence-corrected chi connectivity index (χ4v) is 2.45. The van der Waals surface area contributed by atoms with Gasteiger partial charge in [-0.25, -0.2) is 9.37 Å². The SMILES string of the molecule is CCCn1ccnc1C(NC)c1ccc(F)cc1Cl. The third-order valence-corrected chi connectivity index (χ3v) is 3.36. The van der Waals surface area contributed by atoms with Crippen LogP contribution in [-0.4, -0.2) is 16.6 Å². The van der Waals surface area contributed by atoms with Gasteiger partial charge >= 0.3 is 0 Å². The van der Waals surface area contributed by atoms with Crippen molar-refractivity contribution >= 4 is 11.6 Å². The molecule has 1 heterocycles. The molecule has 102 valence electrons. The molecule has 0 saturated carbocycles. The first-order valence-electron chi connectivity index (χ1n) is 6.30. The minimum Gasteiger partial charge on any atom is -0.333 e. The first-order valence-corrected chi connectivity index (χ1v) is 6.68. The predicted molar refractivity (Wildman–Crippen MR) is 74.8 cm³/mol. The average Bonchev–Trinajstić information content (AvgIpc) is 2.82. The van der Waals surface area contributed by atoms with Crippen molar-refractivity contribution in [2.24, 2.45) is 0 Å². The quantitative estimate of drug-likeness (QED) is 0.910. The third-order valence-electron chi connectivity index (χ3n) is 3.03. The molecule has 5 heteroatoms. The summed E-state index contributed by atoms with van der Waals surface area (Å²) in [6.07, 6.45) is 4.74. The van der Waals surface area contributed by atoms with Crippen LogP contribution >= 0.6 is 11.6 Å². The predicted octanol–water partition coefficient (Wildman–Crippen LogP) is 3.39. The molecule has 1 unspecified atom stereocenters. The molecule has 0 spiro atoms. The number of hydrogen-bond donors (Lipinski definition) is 1. The lowest BCUT2D eigenvalue weighted by Gasteiger charge is -2.19. The van der Waals surface area contributed by atoms with E-state index in [4.69, 9.17) is 11.6 Å². The summed E-state index contributed by atoms with van der Waals surface area (Å²) >= 11 is 6.13. The number of hydrogen-bond acceptors (Lipinski definition) is 2. The van der Waals surface area contributed by atoms with E-state index in [1.54, 1.807) is 12.3 Å². The molecule has 0 fully saturated rings. The van der Waals surface area contributed by atoms with Gasteiger partial charge in [0, 0.05) is 24.0 Å². The fraction of sp³-hybridized carbons (Fsp3) is 0.357. The van der Waals surface area contributed by atoms with Crippen LogP contribution in [0.4, 0.5) is 4.39 Å². The standard InChI is InChI=1S/C14H17ClFN3/c1-3-7-19-8-6-18-14(19)13(17-2)11-5-4-10(16)9-12(11)15/h4-6,8-9,13,17H,3,7H2,1-2H3. The van der Waals surface area contributed by atoms with Crippen molar-refractivity contribution in [3.8, 4) is 0 Å². The molecule has 19 heavy (non-hydrogen) atoms. The molecule has 0 aliphatic rings. The summed E-state index contributed by atoms with van der Waals surface area (Å²) in [4.78, 5) is 4.39. The van der Waals surface area contributed by atoms with Crippen molar-refractivity contribution in [2.75, 3.05) is 7.05 Å². The van der Waals surface area contributed by atoms with Crippen LogP contribution in [-0.2, 0) is 6.54 Å².